The lowest BCUT2D eigenvalue weighted by molar-refractivity contribution is -0.386. The van der Waals surface area contributed by atoms with Gasteiger partial charge in [0.25, 0.3) is 5.91 Å². The van der Waals surface area contributed by atoms with Crippen molar-refractivity contribution in [1.29, 1.82) is 0 Å². The minimum Gasteiger partial charge on any atom is -0.471 e. The molecule has 0 radical (unpaired) electrons. The molecular weight excluding hydrogens is 400 g/mol. The van der Waals surface area contributed by atoms with Crippen LogP contribution in [0.15, 0.2) is 36.5 Å². The Morgan fingerprint density at radius 1 is 1.24 bits per heavy atom. The molecule has 152 valence electrons. The van der Waals surface area contributed by atoms with Crippen LogP contribution < -0.4 is 10.1 Å². The maximum absolute atomic E-state index is 12.5. The normalized spacial score (nSPS) is 10.7. The van der Waals surface area contributed by atoms with Gasteiger partial charge in [0.1, 0.15) is 22.8 Å². The van der Waals surface area contributed by atoms with Crippen LogP contribution in [-0.4, -0.2) is 36.9 Å². The number of benzene rings is 1. The third-order valence-electron chi connectivity index (χ3n) is 4.25. The number of aromatic nitrogens is 4. The smallest absolute Gasteiger partial charge is 0.312 e. The lowest BCUT2D eigenvalue weighted by Crippen LogP contribution is -2.30. The second-order valence-corrected chi connectivity index (χ2v) is 6.64. The molecule has 1 N–H and O–H groups in total. The number of nitrogens with zero attached hydrogens (tertiary/aromatic N) is 5. The van der Waals surface area contributed by atoms with Crippen molar-refractivity contribution in [3.05, 3.63) is 68.7 Å². The van der Waals surface area contributed by atoms with Crippen molar-refractivity contribution in [3.63, 3.8) is 0 Å². The first kappa shape index (κ1) is 20.3. The monoisotopic (exact) mass is 418 g/mol. The van der Waals surface area contributed by atoms with Crippen LogP contribution in [0.4, 0.5) is 5.69 Å². The molecule has 0 aliphatic rings. The van der Waals surface area contributed by atoms with E-state index in [1.807, 2.05) is 0 Å². The number of rotatable bonds is 8. The molecule has 0 spiro atoms. The van der Waals surface area contributed by atoms with Gasteiger partial charge in [-0.3, -0.25) is 19.6 Å². The van der Waals surface area contributed by atoms with Gasteiger partial charge in [-0.1, -0.05) is 11.6 Å². The second-order valence-electron chi connectivity index (χ2n) is 6.20. The molecular formula is C18H19ClN6O4. The highest BCUT2D eigenvalue weighted by Gasteiger charge is 2.21. The summed E-state index contributed by atoms with van der Waals surface area (Å²) in [6, 6.07) is 8.43. The highest BCUT2D eigenvalue weighted by Crippen LogP contribution is 2.21. The van der Waals surface area contributed by atoms with E-state index in [-0.39, 0.29) is 24.9 Å². The predicted octanol–water partition coefficient (Wildman–Crippen LogP) is 2.72. The van der Waals surface area contributed by atoms with Gasteiger partial charge in [0.2, 0.25) is 0 Å². The molecule has 0 aliphatic carbocycles. The van der Waals surface area contributed by atoms with E-state index >= 15 is 0 Å². The van der Waals surface area contributed by atoms with Gasteiger partial charge in [-0.15, -0.1) is 0 Å². The summed E-state index contributed by atoms with van der Waals surface area (Å²) in [4.78, 5) is 23.1. The Labute approximate surface area is 171 Å². The summed E-state index contributed by atoms with van der Waals surface area (Å²) in [5, 5.41) is 22.7. The first-order valence-corrected chi connectivity index (χ1v) is 9.11. The Morgan fingerprint density at radius 2 is 1.97 bits per heavy atom. The van der Waals surface area contributed by atoms with Crippen molar-refractivity contribution in [1.82, 2.24) is 24.9 Å². The van der Waals surface area contributed by atoms with E-state index in [4.69, 9.17) is 16.3 Å². The highest BCUT2D eigenvalue weighted by molar-refractivity contribution is 6.30. The molecule has 29 heavy (non-hydrogen) atoms. The first-order chi connectivity index (χ1) is 13.9. The highest BCUT2D eigenvalue weighted by atomic mass is 35.5. The Kier molecular flexibility index (Phi) is 6.13. The summed E-state index contributed by atoms with van der Waals surface area (Å²) < 4.78 is 8.55. The van der Waals surface area contributed by atoms with Crippen LogP contribution in [0.2, 0.25) is 5.02 Å². The van der Waals surface area contributed by atoms with Crippen molar-refractivity contribution in [2.24, 2.45) is 0 Å². The molecule has 3 aromatic rings. The molecule has 10 nitrogen and oxygen atoms in total. The van der Waals surface area contributed by atoms with Gasteiger partial charge in [0.05, 0.1) is 11.5 Å². The second kappa shape index (κ2) is 8.74. The standard InChI is InChI=1S/C18H19ClN6O4/c1-12-17(25(27)28)13(2)23(22-12)10-9-20-18(26)16-7-8-21-24(16)11-29-15-5-3-14(19)4-6-15/h3-8H,9-11H2,1-2H3,(H,20,26). The van der Waals surface area contributed by atoms with E-state index in [1.165, 1.54) is 15.6 Å². The minimum atomic E-state index is -0.452. The van der Waals surface area contributed by atoms with Crippen LogP contribution in [-0.2, 0) is 13.3 Å². The molecule has 0 saturated carbocycles. The maximum Gasteiger partial charge on any atom is 0.312 e. The lowest BCUT2D eigenvalue weighted by Gasteiger charge is -2.10. The zero-order chi connectivity index (χ0) is 21.0. The molecule has 3 rings (SSSR count). The average molecular weight is 419 g/mol. The van der Waals surface area contributed by atoms with Crippen LogP contribution in [0.5, 0.6) is 5.75 Å². The van der Waals surface area contributed by atoms with Gasteiger partial charge >= 0.3 is 5.69 Å². The van der Waals surface area contributed by atoms with E-state index in [1.54, 1.807) is 44.2 Å². The number of halogens is 1. The molecule has 2 aromatic heterocycles. The predicted molar refractivity (Wildman–Crippen MR) is 105 cm³/mol. The van der Waals surface area contributed by atoms with Crippen LogP contribution in [0.3, 0.4) is 0 Å². The molecule has 0 fully saturated rings. The third-order valence-corrected chi connectivity index (χ3v) is 4.50. The number of nitro groups is 1. The van der Waals surface area contributed by atoms with E-state index < -0.39 is 4.92 Å². The molecule has 1 amide bonds. The SMILES string of the molecule is Cc1nn(CCNC(=O)c2ccnn2COc2ccc(Cl)cc2)c(C)c1[N+](=O)[O-]. The number of aryl methyl sites for hydroxylation is 1. The van der Waals surface area contributed by atoms with Crippen molar-refractivity contribution in [2.75, 3.05) is 6.54 Å². The number of amides is 1. The van der Waals surface area contributed by atoms with Crippen LogP contribution >= 0.6 is 11.6 Å². The van der Waals surface area contributed by atoms with Crippen molar-refractivity contribution < 1.29 is 14.5 Å². The minimum absolute atomic E-state index is 0.00579. The average Bonchev–Trinajstić information content (AvgIpc) is 3.25. The van der Waals surface area contributed by atoms with Gasteiger partial charge in [-0.25, -0.2) is 4.68 Å². The van der Waals surface area contributed by atoms with Crippen molar-refractivity contribution in [2.45, 2.75) is 27.1 Å². The van der Waals surface area contributed by atoms with Gasteiger partial charge in [-0.2, -0.15) is 10.2 Å². The molecule has 1 aromatic carbocycles. The first-order valence-electron chi connectivity index (χ1n) is 8.73. The molecule has 2 heterocycles. The lowest BCUT2D eigenvalue weighted by atomic mass is 10.3. The number of carbonyl (C=O) groups is 1. The Bertz CT molecular complexity index is 1030. The van der Waals surface area contributed by atoms with Crippen LogP contribution in [0.1, 0.15) is 21.9 Å². The number of nitrogens with one attached hydrogen (secondary N) is 1. The summed E-state index contributed by atoms with van der Waals surface area (Å²) in [7, 11) is 0. The third kappa shape index (κ3) is 4.72. The largest absolute Gasteiger partial charge is 0.471 e. The van der Waals surface area contributed by atoms with E-state index in [2.05, 4.69) is 15.5 Å². The maximum atomic E-state index is 12.5. The quantitative estimate of drug-likeness (QED) is 0.444. The van der Waals surface area contributed by atoms with Gasteiger partial charge < -0.3 is 10.1 Å². The molecule has 0 saturated heterocycles. The van der Waals surface area contributed by atoms with Crippen molar-refractivity contribution >= 4 is 23.2 Å². The number of hydrogen-bond acceptors (Lipinski definition) is 6. The van der Waals surface area contributed by atoms with Gasteiger partial charge in [0, 0.05) is 17.8 Å². The summed E-state index contributed by atoms with van der Waals surface area (Å²) in [6.07, 6.45) is 1.50. The van der Waals surface area contributed by atoms with E-state index in [0.717, 1.165) is 0 Å². The molecule has 0 aliphatic heterocycles. The summed E-state index contributed by atoms with van der Waals surface area (Å²) in [6.45, 7) is 3.83. The van der Waals surface area contributed by atoms with E-state index in [9.17, 15) is 14.9 Å². The fourth-order valence-corrected chi connectivity index (χ4v) is 2.96. The summed E-state index contributed by atoms with van der Waals surface area (Å²) in [5.41, 5.74) is 1.12. The topological polar surface area (TPSA) is 117 Å². The zero-order valence-corrected chi connectivity index (χ0v) is 16.6. The Morgan fingerprint density at radius 3 is 2.62 bits per heavy atom. The Hall–Kier alpha value is -3.40. The summed E-state index contributed by atoms with van der Waals surface area (Å²) in [5.74, 6) is 0.264. The molecule has 0 atom stereocenters. The van der Waals surface area contributed by atoms with E-state index in [0.29, 0.717) is 34.4 Å². The van der Waals surface area contributed by atoms with Crippen LogP contribution in [0.25, 0.3) is 0 Å². The van der Waals surface area contributed by atoms with Gasteiger partial charge in [0.15, 0.2) is 6.73 Å². The fraction of sp³-hybridized carbons (Fsp3) is 0.278. The van der Waals surface area contributed by atoms with Gasteiger partial charge in [-0.05, 0) is 44.2 Å². The Balaban J connectivity index is 1.57. The number of carbonyl (C=O) groups excluding carboxylic acids is 1. The zero-order valence-electron chi connectivity index (χ0n) is 15.8. The number of ether oxygens (including phenoxy) is 1. The van der Waals surface area contributed by atoms with Crippen LogP contribution in [0, 0.1) is 24.0 Å². The summed E-state index contributed by atoms with van der Waals surface area (Å²) >= 11 is 5.84. The van der Waals surface area contributed by atoms with Crippen molar-refractivity contribution in [3.8, 4) is 5.75 Å². The number of hydrogen-bond donors (Lipinski definition) is 1. The molecule has 0 unspecified atom stereocenters. The molecule has 0 bridgehead atoms. The molecule has 11 heteroatoms. The fourth-order valence-electron chi connectivity index (χ4n) is 2.83.